The van der Waals surface area contributed by atoms with Crippen molar-refractivity contribution in [1.82, 2.24) is 4.90 Å². The van der Waals surface area contributed by atoms with E-state index in [9.17, 15) is 0 Å². The molecule has 2 fully saturated rings. The molecule has 70 valence electrons. The number of rotatable bonds is 3. The number of hydrogen-bond donors (Lipinski definition) is 0. The zero-order chi connectivity index (χ0) is 8.55. The number of nitrogens with zero attached hydrogens (tertiary/aromatic N) is 1. The van der Waals surface area contributed by atoms with Crippen molar-refractivity contribution in [2.45, 2.75) is 32.1 Å². The molecule has 12 heavy (non-hydrogen) atoms. The Morgan fingerprint density at radius 2 is 1.67 bits per heavy atom. The zero-order valence-corrected chi connectivity index (χ0v) is 8.42. The second kappa shape index (κ2) is 3.37. The van der Waals surface area contributed by atoms with Gasteiger partial charge in [0.05, 0.1) is 0 Å². The molecule has 0 heterocycles. The van der Waals surface area contributed by atoms with Gasteiger partial charge in [-0.25, -0.2) is 0 Å². The van der Waals surface area contributed by atoms with Gasteiger partial charge in [-0.15, -0.1) is 0 Å². The lowest BCUT2D eigenvalue weighted by Gasteiger charge is -2.15. The van der Waals surface area contributed by atoms with Crippen LogP contribution < -0.4 is 0 Å². The van der Waals surface area contributed by atoms with E-state index in [0.717, 1.165) is 17.8 Å². The fourth-order valence-corrected chi connectivity index (χ4v) is 2.79. The summed E-state index contributed by atoms with van der Waals surface area (Å²) in [6, 6.07) is 0. The van der Waals surface area contributed by atoms with Gasteiger partial charge in [0.15, 0.2) is 0 Å². The van der Waals surface area contributed by atoms with Gasteiger partial charge in [0.1, 0.15) is 0 Å². The molecule has 0 saturated heterocycles. The molecule has 0 aromatic heterocycles. The first-order valence-corrected chi connectivity index (χ1v) is 5.40. The van der Waals surface area contributed by atoms with Gasteiger partial charge < -0.3 is 4.90 Å². The van der Waals surface area contributed by atoms with Crippen LogP contribution in [-0.4, -0.2) is 25.5 Å². The third kappa shape index (κ3) is 2.01. The minimum Gasteiger partial charge on any atom is -0.309 e. The highest BCUT2D eigenvalue weighted by Gasteiger charge is 2.36. The third-order valence-electron chi connectivity index (χ3n) is 3.49. The smallest absolute Gasteiger partial charge is 0.000366 e. The Morgan fingerprint density at radius 1 is 1.00 bits per heavy atom. The zero-order valence-electron chi connectivity index (χ0n) is 8.42. The van der Waals surface area contributed by atoms with Crippen LogP contribution in [0.2, 0.25) is 0 Å². The van der Waals surface area contributed by atoms with Crippen molar-refractivity contribution in [1.29, 1.82) is 0 Å². The minimum absolute atomic E-state index is 1.02. The molecule has 2 unspecified atom stereocenters. The molecule has 0 spiro atoms. The summed E-state index contributed by atoms with van der Waals surface area (Å²) < 4.78 is 0. The van der Waals surface area contributed by atoms with E-state index in [1.807, 2.05) is 0 Å². The van der Waals surface area contributed by atoms with Gasteiger partial charge >= 0.3 is 0 Å². The summed E-state index contributed by atoms with van der Waals surface area (Å²) in [6.07, 6.45) is 7.64. The first kappa shape index (κ1) is 8.55. The average Bonchev–Trinajstić information content (AvgIpc) is 2.73. The monoisotopic (exact) mass is 167 g/mol. The van der Waals surface area contributed by atoms with Crippen molar-refractivity contribution >= 4 is 0 Å². The SMILES string of the molecule is CN(C)CC1CCC(C2CC2)C1. The molecule has 0 radical (unpaired) electrons. The molecule has 0 amide bonds. The molecule has 2 aliphatic carbocycles. The summed E-state index contributed by atoms with van der Waals surface area (Å²) in [7, 11) is 4.40. The van der Waals surface area contributed by atoms with Crippen LogP contribution in [0, 0.1) is 17.8 Å². The van der Waals surface area contributed by atoms with E-state index in [1.54, 1.807) is 12.8 Å². The minimum atomic E-state index is 1.02. The Bertz CT molecular complexity index is 149. The Labute approximate surface area is 76.1 Å². The largest absolute Gasteiger partial charge is 0.309 e. The summed E-state index contributed by atoms with van der Waals surface area (Å²) in [5.41, 5.74) is 0. The van der Waals surface area contributed by atoms with Crippen LogP contribution in [0.25, 0.3) is 0 Å². The third-order valence-corrected chi connectivity index (χ3v) is 3.49. The van der Waals surface area contributed by atoms with Crippen molar-refractivity contribution in [3.05, 3.63) is 0 Å². The van der Waals surface area contributed by atoms with Crippen LogP contribution in [0.5, 0.6) is 0 Å². The van der Waals surface area contributed by atoms with Crippen LogP contribution in [0.1, 0.15) is 32.1 Å². The first-order valence-electron chi connectivity index (χ1n) is 5.40. The van der Waals surface area contributed by atoms with Gasteiger partial charge in [-0.1, -0.05) is 0 Å². The molecule has 0 N–H and O–H groups in total. The molecule has 2 rings (SSSR count). The first-order chi connectivity index (χ1) is 5.75. The lowest BCUT2D eigenvalue weighted by molar-refractivity contribution is 0.318. The van der Waals surface area contributed by atoms with Gasteiger partial charge in [0.25, 0.3) is 0 Å². The summed E-state index contributed by atoms with van der Waals surface area (Å²) in [4.78, 5) is 2.35. The molecule has 2 aliphatic rings. The van der Waals surface area contributed by atoms with Gasteiger partial charge in [-0.05, 0) is 64.0 Å². The summed E-state index contributed by atoms with van der Waals surface area (Å²) in [5, 5.41) is 0. The van der Waals surface area contributed by atoms with E-state index in [2.05, 4.69) is 19.0 Å². The lowest BCUT2D eigenvalue weighted by Crippen LogP contribution is -2.19. The van der Waals surface area contributed by atoms with Crippen LogP contribution >= 0.6 is 0 Å². The van der Waals surface area contributed by atoms with Crippen LogP contribution in [0.4, 0.5) is 0 Å². The van der Waals surface area contributed by atoms with Crippen molar-refractivity contribution in [3.63, 3.8) is 0 Å². The predicted molar refractivity (Wildman–Crippen MR) is 52.1 cm³/mol. The fraction of sp³-hybridized carbons (Fsp3) is 1.00. The van der Waals surface area contributed by atoms with Crippen molar-refractivity contribution in [3.8, 4) is 0 Å². The number of hydrogen-bond acceptors (Lipinski definition) is 1. The fourth-order valence-electron chi connectivity index (χ4n) is 2.79. The molecule has 2 saturated carbocycles. The maximum atomic E-state index is 2.35. The molecule has 0 aliphatic heterocycles. The van der Waals surface area contributed by atoms with E-state index >= 15 is 0 Å². The van der Waals surface area contributed by atoms with Crippen LogP contribution in [0.15, 0.2) is 0 Å². The Kier molecular flexibility index (Phi) is 2.40. The molecule has 0 bridgehead atoms. The van der Waals surface area contributed by atoms with E-state index in [-0.39, 0.29) is 0 Å². The van der Waals surface area contributed by atoms with E-state index in [0.29, 0.717) is 0 Å². The standard InChI is InChI=1S/C11H21N/c1-12(2)8-9-3-4-11(7-9)10-5-6-10/h9-11H,3-8H2,1-2H3. The van der Waals surface area contributed by atoms with Gasteiger partial charge in [-0.3, -0.25) is 0 Å². The second-order valence-corrected chi connectivity index (χ2v) is 5.04. The quantitative estimate of drug-likeness (QED) is 0.624. The van der Waals surface area contributed by atoms with E-state index < -0.39 is 0 Å². The second-order valence-electron chi connectivity index (χ2n) is 5.04. The summed E-state index contributed by atoms with van der Waals surface area (Å²) >= 11 is 0. The van der Waals surface area contributed by atoms with E-state index in [1.165, 1.54) is 25.8 Å². The predicted octanol–water partition coefficient (Wildman–Crippen LogP) is 2.37. The van der Waals surface area contributed by atoms with Crippen molar-refractivity contribution in [2.75, 3.05) is 20.6 Å². The molecule has 1 heteroatoms. The van der Waals surface area contributed by atoms with Gasteiger partial charge in [0, 0.05) is 6.54 Å². The molecule has 2 atom stereocenters. The molecule has 0 aromatic rings. The molecular formula is C11H21N. The summed E-state index contributed by atoms with van der Waals surface area (Å²) in [6.45, 7) is 1.32. The van der Waals surface area contributed by atoms with Crippen LogP contribution in [0.3, 0.4) is 0 Å². The lowest BCUT2D eigenvalue weighted by atomic mass is 10.0. The average molecular weight is 167 g/mol. The van der Waals surface area contributed by atoms with Gasteiger partial charge in [-0.2, -0.15) is 0 Å². The Morgan fingerprint density at radius 3 is 2.25 bits per heavy atom. The highest BCUT2D eigenvalue weighted by Crippen LogP contribution is 2.46. The van der Waals surface area contributed by atoms with Crippen molar-refractivity contribution in [2.24, 2.45) is 17.8 Å². The molecule has 0 aromatic carbocycles. The molecule has 1 nitrogen and oxygen atoms in total. The maximum Gasteiger partial charge on any atom is 0.000366 e. The Balaban J connectivity index is 1.73. The summed E-state index contributed by atoms with van der Waals surface area (Å²) in [5.74, 6) is 3.29. The van der Waals surface area contributed by atoms with Crippen molar-refractivity contribution < 1.29 is 0 Å². The van der Waals surface area contributed by atoms with Crippen LogP contribution in [-0.2, 0) is 0 Å². The molecular weight excluding hydrogens is 146 g/mol. The van der Waals surface area contributed by atoms with Gasteiger partial charge in [0.2, 0.25) is 0 Å². The Hall–Kier alpha value is -0.0400. The topological polar surface area (TPSA) is 3.24 Å². The normalized spacial score (nSPS) is 36.2. The van der Waals surface area contributed by atoms with E-state index in [4.69, 9.17) is 0 Å². The highest BCUT2D eigenvalue weighted by atomic mass is 15.1. The highest BCUT2D eigenvalue weighted by molar-refractivity contribution is 4.87. The maximum absolute atomic E-state index is 2.35.